The van der Waals surface area contributed by atoms with Crippen molar-refractivity contribution < 1.29 is 9.84 Å². The van der Waals surface area contributed by atoms with Crippen LogP contribution in [0, 0.1) is 0 Å². The topological polar surface area (TPSA) is 29.5 Å². The number of aliphatic hydroxyl groups is 1. The molecule has 72 valence electrons. The molecule has 1 N–H and O–H groups in total. The summed E-state index contributed by atoms with van der Waals surface area (Å²) in [4.78, 5) is 0. The Balaban J connectivity index is 2.39. The van der Waals surface area contributed by atoms with Crippen molar-refractivity contribution in [2.24, 2.45) is 0 Å². The van der Waals surface area contributed by atoms with Gasteiger partial charge in [-0.3, -0.25) is 0 Å². The Morgan fingerprint density at radius 2 is 2.17 bits per heavy atom. The Morgan fingerprint density at radius 3 is 2.50 bits per heavy atom. The first-order valence-electron chi connectivity index (χ1n) is 5.07. The largest absolute Gasteiger partial charge is 0.390 e. The summed E-state index contributed by atoms with van der Waals surface area (Å²) < 4.78 is 5.52. The summed E-state index contributed by atoms with van der Waals surface area (Å²) in [6.45, 7) is 5.02. The summed E-state index contributed by atoms with van der Waals surface area (Å²) in [5, 5.41) is 9.73. The van der Waals surface area contributed by atoms with E-state index < -0.39 is 0 Å². The van der Waals surface area contributed by atoms with Gasteiger partial charge in [-0.25, -0.2) is 0 Å². The molecule has 1 fully saturated rings. The van der Waals surface area contributed by atoms with E-state index in [-0.39, 0.29) is 11.7 Å². The van der Waals surface area contributed by atoms with Crippen molar-refractivity contribution in [2.45, 2.75) is 57.7 Å². The Bertz CT molecular complexity index is 130. The minimum Gasteiger partial charge on any atom is -0.390 e. The Morgan fingerprint density at radius 1 is 1.50 bits per heavy atom. The summed E-state index contributed by atoms with van der Waals surface area (Å²) in [5.74, 6) is 0. The van der Waals surface area contributed by atoms with Gasteiger partial charge in [0.25, 0.3) is 0 Å². The fourth-order valence-electron chi connectivity index (χ4n) is 1.84. The molecule has 0 aromatic rings. The molecule has 1 rings (SSSR count). The van der Waals surface area contributed by atoms with Crippen LogP contribution < -0.4 is 0 Å². The summed E-state index contributed by atoms with van der Waals surface area (Å²) >= 11 is 0. The highest BCUT2D eigenvalue weighted by molar-refractivity contribution is 4.93. The van der Waals surface area contributed by atoms with Crippen LogP contribution in [0.2, 0.25) is 0 Å². The van der Waals surface area contributed by atoms with Crippen LogP contribution in [0.4, 0.5) is 0 Å². The molecule has 1 saturated heterocycles. The molecule has 0 aromatic carbocycles. The molecule has 1 heterocycles. The van der Waals surface area contributed by atoms with Gasteiger partial charge in [-0.2, -0.15) is 0 Å². The number of unbranched alkanes of at least 4 members (excludes halogenated alkanes) is 1. The molecular weight excluding hydrogens is 152 g/mol. The first-order chi connectivity index (χ1) is 5.75. The maximum absolute atomic E-state index is 9.73. The number of rotatable bonds is 5. The molecule has 0 amide bonds. The highest BCUT2D eigenvalue weighted by atomic mass is 16.5. The van der Waals surface area contributed by atoms with Gasteiger partial charge >= 0.3 is 0 Å². The van der Waals surface area contributed by atoms with Crippen molar-refractivity contribution in [1.82, 2.24) is 0 Å². The van der Waals surface area contributed by atoms with Crippen LogP contribution >= 0.6 is 0 Å². The zero-order valence-electron chi connectivity index (χ0n) is 8.18. The molecule has 0 aromatic heterocycles. The molecule has 0 saturated carbocycles. The van der Waals surface area contributed by atoms with E-state index in [1.54, 1.807) is 0 Å². The lowest BCUT2D eigenvalue weighted by Crippen LogP contribution is -2.53. The standard InChI is InChI=1S/C10H20O2/c1-3-5-6-10(7-8-12-10)9(11)4-2/h9,11H,3-8H2,1-2H3. The normalized spacial score (nSPS) is 31.2. The van der Waals surface area contributed by atoms with Crippen LogP contribution in [0.1, 0.15) is 46.0 Å². The predicted octanol–water partition coefficient (Wildman–Crippen LogP) is 2.11. The third-order valence-corrected chi connectivity index (χ3v) is 2.86. The van der Waals surface area contributed by atoms with Crippen molar-refractivity contribution in [2.75, 3.05) is 6.61 Å². The average Bonchev–Trinajstić information content (AvgIpc) is 2.02. The summed E-state index contributed by atoms with van der Waals surface area (Å²) in [6, 6.07) is 0. The maximum Gasteiger partial charge on any atom is 0.0961 e. The van der Waals surface area contributed by atoms with Crippen LogP contribution in [-0.4, -0.2) is 23.4 Å². The van der Waals surface area contributed by atoms with E-state index in [0.29, 0.717) is 0 Å². The van der Waals surface area contributed by atoms with E-state index in [2.05, 4.69) is 6.92 Å². The van der Waals surface area contributed by atoms with E-state index in [4.69, 9.17) is 4.74 Å². The van der Waals surface area contributed by atoms with Crippen LogP contribution in [0.3, 0.4) is 0 Å². The zero-order chi connectivity index (χ0) is 9.03. The highest BCUT2D eigenvalue weighted by Crippen LogP contribution is 2.36. The quantitative estimate of drug-likeness (QED) is 0.688. The fraction of sp³-hybridized carbons (Fsp3) is 1.00. The molecule has 2 nitrogen and oxygen atoms in total. The molecule has 0 spiro atoms. The molecule has 0 bridgehead atoms. The highest BCUT2D eigenvalue weighted by Gasteiger charge is 2.43. The number of hydrogen-bond donors (Lipinski definition) is 1. The molecule has 1 aliphatic heterocycles. The lowest BCUT2D eigenvalue weighted by molar-refractivity contribution is -0.209. The molecule has 12 heavy (non-hydrogen) atoms. The van der Waals surface area contributed by atoms with E-state index in [1.165, 1.54) is 6.42 Å². The van der Waals surface area contributed by atoms with Gasteiger partial charge in [0.05, 0.1) is 18.3 Å². The number of aliphatic hydroxyl groups excluding tert-OH is 1. The Kier molecular flexibility index (Phi) is 3.53. The fourth-order valence-corrected chi connectivity index (χ4v) is 1.84. The van der Waals surface area contributed by atoms with E-state index in [9.17, 15) is 5.11 Å². The molecule has 1 aliphatic rings. The van der Waals surface area contributed by atoms with Crippen molar-refractivity contribution in [3.63, 3.8) is 0 Å². The van der Waals surface area contributed by atoms with Crippen molar-refractivity contribution in [3.05, 3.63) is 0 Å². The molecule has 2 atom stereocenters. The third kappa shape index (κ3) is 1.80. The van der Waals surface area contributed by atoms with Gasteiger partial charge in [0, 0.05) is 6.42 Å². The molecule has 0 aliphatic carbocycles. The van der Waals surface area contributed by atoms with Crippen molar-refractivity contribution in [3.8, 4) is 0 Å². The monoisotopic (exact) mass is 172 g/mol. The van der Waals surface area contributed by atoms with Gasteiger partial charge in [0.15, 0.2) is 0 Å². The lowest BCUT2D eigenvalue weighted by atomic mass is 9.82. The third-order valence-electron chi connectivity index (χ3n) is 2.86. The predicted molar refractivity (Wildman–Crippen MR) is 49.1 cm³/mol. The second-order valence-corrected chi connectivity index (χ2v) is 3.69. The Labute approximate surface area is 74.9 Å². The van der Waals surface area contributed by atoms with Crippen molar-refractivity contribution >= 4 is 0 Å². The summed E-state index contributed by atoms with van der Waals surface area (Å²) in [5.41, 5.74) is -0.162. The van der Waals surface area contributed by atoms with Gasteiger partial charge < -0.3 is 9.84 Å². The van der Waals surface area contributed by atoms with Gasteiger partial charge in [-0.1, -0.05) is 26.7 Å². The first kappa shape index (κ1) is 10.0. The molecule has 2 heteroatoms. The number of ether oxygens (including phenoxy) is 1. The minimum atomic E-state index is -0.252. The Hall–Kier alpha value is -0.0800. The van der Waals surface area contributed by atoms with Crippen LogP contribution in [0.25, 0.3) is 0 Å². The molecular formula is C10H20O2. The second-order valence-electron chi connectivity index (χ2n) is 3.69. The maximum atomic E-state index is 9.73. The number of hydrogen-bond acceptors (Lipinski definition) is 2. The zero-order valence-corrected chi connectivity index (χ0v) is 8.18. The smallest absolute Gasteiger partial charge is 0.0961 e. The summed E-state index contributed by atoms with van der Waals surface area (Å²) in [6.07, 6.45) is 4.97. The second kappa shape index (κ2) is 4.24. The first-order valence-corrected chi connectivity index (χ1v) is 5.07. The lowest BCUT2D eigenvalue weighted by Gasteiger charge is -2.45. The van der Waals surface area contributed by atoms with E-state index >= 15 is 0 Å². The van der Waals surface area contributed by atoms with Gasteiger partial charge in [-0.05, 0) is 12.8 Å². The molecule has 2 unspecified atom stereocenters. The summed E-state index contributed by atoms with van der Waals surface area (Å²) in [7, 11) is 0. The minimum absolute atomic E-state index is 0.162. The molecule has 0 radical (unpaired) electrons. The van der Waals surface area contributed by atoms with E-state index in [0.717, 1.165) is 32.3 Å². The average molecular weight is 172 g/mol. The SMILES string of the molecule is CCCCC1(C(O)CC)CCO1. The van der Waals surface area contributed by atoms with Crippen LogP contribution in [0.5, 0.6) is 0 Å². The van der Waals surface area contributed by atoms with Gasteiger partial charge in [-0.15, -0.1) is 0 Å². The van der Waals surface area contributed by atoms with Crippen LogP contribution in [-0.2, 0) is 4.74 Å². The van der Waals surface area contributed by atoms with Gasteiger partial charge in [0.1, 0.15) is 0 Å². The van der Waals surface area contributed by atoms with Crippen molar-refractivity contribution in [1.29, 1.82) is 0 Å². The van der Waals surface area contributed by atoms with E-state index in [1.807, 2.05) is 6.92 Å². The van der Waals surface area contributed by atoms with Gasteiger partial charge in [0.2, 0.25) is 0 Å². The van der Waals surface area contributed by atoms with Crippen LogP contribution in [0.15, 0.2) is 0 Å².